The lowest BCUT2D eigenvalue weighted by Gasteiger charge is -2.46. The summed E-state index contributed by atoms with van der Waals surface area (Å²) in [5.41, 5.74) is 6.12. The van der Waals surface area contributed by atoms with Gasteiger partial charge in [-0.15, -0.1) is 0 Å². The van der Waals surface area contributed by atoms with Gasteiger partial charge in [0.1, 0.15) is 0 Å². The maximum Gasteiger partial charge on any atom is 0.0661 e. The predicted octanol–water partition coefficient (Wildman–Crippen LogP) is 2.89. The molecular formula is C15H34N2O. The van der Waals surface area contributed by atoms with Crippen LogP contribution in [0.5, 0.6) is 0 Å². The van der Waals surface area contributed by atoms with Crippen LogP contribution in [0.15, 0.2) is 0 Å². The van der Waals surface area contributed by atoms with Crippen LogP contribution < -0.4 is 5.73 Å². The van der Waals surface area contributed by atoms with Gasteiger partial charge in [0.2, 0.25) is 0 Å². The van der Waals surface area contributed by atoms with E-state index in [4.69, 9.17) is 10.5 Å². The summed E-state index contributed by atoms with van der Waals surface area (Å²) in [6, 6.07) is 0. The number of ether oxygens (including phenoxy) is 1. The quantitative estimate of drug-likeness (QED) is 0.619. The number of methoxy groups -OCH3 is 1. The molecule has 0 aliphatic rings. The molecule has 0 fully saturated rings. The Hall–Kier alpha value is -0.120. The summed E-state index contributed by atoms with van der Waals surface area (Å²) < 4.78 is 5.48. The Morgan fingerprint density at radius 2 is 1.61 bits per heavy atom. The molecule has 0 aromatic carbocycles. The molecule has 0 aliphatic heterocycles. The first-order valence-corrected chi connectivity index (χ1v) is 7.53. The number of hydrogen-bond acceptors (Lipinski definition) is 3. The second-order valence-corrected chi connectivity index (χ2v) is 5.59. The maximum atomic E-state index is 6.12. The standard InChI is InChI=1S/C15H34N2O/c1-6-8-10-17(11-9-7-2)15(12-16,13-18-5)14(3)4/h14H,6-13,16H2,1-5H3. The van der Waals surface area contributed by atoms with Crippen molar-refractivity contribution in [3.8, 4) is 0 Å². The lowest BCUT2D eigenvalue weighted by atomic mass is 9.84. The summed E-state index contributed by atoms with van der Waals surface area (Å²) in [7, 11) is 1.78. The van der Waals surface area contributed by atoms with Gasteiger partial charge in [0.25, 0.3) is 0 Å². The zero-order valence-corrected chi connectivity index (χ0v) is 13.2. The highest BCUT2D eigenvalue weighted by Crippen LogP contribution is 2.26. The number of nitrogens with two attached hydrogens (primary N) is 1. The van der Waals surface area contributed by atoms with E-state index >= 15 is 0 Å². The minimum atomic E-state index is -0.000903. The molecule has 0 heterocycles. The molecule has 0 amide bonds. The van der Waals surface area contributed by atoms with Crippen molar-refractivity contribution >= 4 is 0 Å². The van der Waals surface area contributed by atoms with Gasteiger partial charge in [-0.3, -0.25) is 4.90 Å². The van der Waals surface area contributed by atoms with Crippen molar-refractivity contribution in [1.82, 2.24) is 4.90 Å². The van der Waals surface area contributed by atoms with E-state index in [2.05, 4.69) is 32.6 Å². The molecule has 2 N–H and O–H groups in total. The van der Waals surface area contributed by atoms with Crippen LogP contribution in [0, 0.1) is 5.92 Å². The topological polar surface area (TPSA) is 38.5 Å². The molecule has 0 radical (unpaired) electrons. The van der Waals surface area contributed by atoms with E-state index in [1.807, 2.05) is 0 Å². The summed E-state index contributed by atoms with van der Waals surface area (Å²) in [6.07, 6.45) is 4.94. The third-order valence-corrected chi connectivity index (χ3v) is 4.02. The molecule has 3 heteroatoms. The second-order valence-electron chi connectivity index (χ2n) is 5.59. The Morgan fingerprint density at radius 3 is 1.89 bits per heavy atom. The molecular weight excluding hydrogens is 224 g/mol. The fourth-order valence-electron chi connectivity index (χ4n) is 2.55. The molecule has 18 heavy (non-hydrogen) atoms. The predicted molar refractivity (Wildman–Crippen MR) is 79.9 cm³/mol. The van der Waals surface area contributed by atoms with E-state index in [-0.39, 0.29) is 5.54 Å². The van der Waals surface area contributed by atoms with Gasteiger partial charge in [-0.05, 0) is 31.8 Å². The highest BCUT2D eigenvalue weighted by atomic mass is 16.5. The third-order valence-electron chi connectivity index (χ3n) is 4.02. The van der Waals surface area contributed by atoms with Crippen molar-refractivity contribution in [3.05, 3.63) is 0 Å². The summed E-state index contributed by atoms with van der Waals surface area (Å²) in [5.74, 6) is 0.510. The summed E-state index contributed by atoms with van der Waals surface area (Å²) in [5, 5.41) is 0. The van der Waals surface area contributed by atoms with Crippen LogP contribution in [-0.2, 0) is 4.74 Å². The normalized spacial score (nSPS) is 15.3. The lowest BCUT2D eigenvalue weighted by Crippen LogP contribution is -2.60. The largest absolute Gasteiger partial charge is 0.383 e. The van der Waals surface area contributed by atoms with Crippen molar-refractivity contribution < 1.29 is 4.74 Å². The molecule has 0 saturated heterocycles. The first kappa shape index (κ1) is 17.9. The minimum absolute atomic E-state index is 0.000903. The van der Waals surface area contributed by atoms with Crippen LogP contribution in [0.2, 0.25) is 0 Å². The second kappa shape index (κ2) is 9.76. The van der Waals surface area contributed by atoms with Crippen LogP contribution in [0.3, 0.4) is 0 Å². The fourth-order valence-corrected chi connectivity index (χ4v) is 2.55. The van der Waals surface area contributed by atoms with Gasteiger partial charge < -0.3 is 10.5 Å². The fraction of sp³-hybridized carbons (Fsp3) is 1.00. The maximum absolute atomic E-state index is 6.12. The molecule has 1 unspecified atom stereocenters. The van der Waals surface area contributed by atoms with E-state index in [1.165, 1.54) is 25.7 Å². The average Bonchev–Trinajstić information content (AvgIpc) is 2.36. The van der Waals surface area contributed by atoms with Gasteiger partial charge in [-0.2, -0.15) is 0 Å². The van der Waals surface area contributed by atoms with Gasteiger partial charge in [-0.1, -0.05) is 40.5 Å². The van der Waals surface area contributed by atoms with Crippen LogP contribution in [0.25, 0.3) is 0 Å². The zero-order chi connectivity index (χ0) is 14.0. The van der Waals surface area contributed by atoms with Gasteiger partial charge in [0, 0.05) is 13.7 Å². The Balaban J connectivity index is 4.90. The molecule has 3 nitrogen and oxygen atoms in total. The van der Waals surface area contributed by atoms with Gasteiger partial charge in [-0.25, -0.2) is 0 Å². The van der Waals surface area contributed by atoms with Gasteiger partial charge >= 0.3 is 0 Å². The molecule has 110 valence electrons. The minimum Gasteiger partial charge on any atom is -0.383 e. The highest BCUT2D eigenvalue weighted by molar-refractivity contribution is 4.94. The number of nitrogens with zero attached hydrogens (tertiary/aromatic N) is 1. The first-order valence-electron chi connectivity index (χ1n) is 7.53. The van der Waals surface area contributed by atoms with E-state index in [1.54, 1.807) is 7.11 Å². The van der Waals surface area contributed by atoms with Crippen molar-refractivity contribution in [1.29, 1.82) is 0 Å². The molecule has 0 aromatic heterocycles. The molecule has 0 bridgehead atoms. The molecule has 1 atom stereocenters. The Labute approximate surface area is 114 Å². The van der Waals surface area contributed by atoms with Crippen molar-refractivity contribution in [2.45, 2.75) is 58.9 Å². The van der Waals surface area contributed by atoms with E-state index in [0.717, 1.165) is 19.7 Å². The zero-order valence-electron chi connectivity index (χ0n) is 13.2. The SMILES string of the molecule is CCCCN(CCCC)C(CN)(COC)C(C)C. The van der Waals surface area contributed by atoms with E-state index < -0.39 is 0 Å². The van der Waals surface area contributed by atoms with Crippen LogP contribution >= 0.6 is 0 Å². The van der Waals surface area contributed by atoms with Crippen molar-refractivity contribution in [2.24, 2.45) is 11.7 Å². The number of hydrogen-bond donors (Lipinski definition) is 1. The van der Waals surface area contributed by atoms with E-state index in [0.29, 0.717) is 12.5 Å². The first-order chi connectivity index (χ1) is 8.58. The number of unbranched alkanes of at least 4 members (excludes halogenated alkanes) is 2. The summed E-state index contributed by atoms with van der Waals surface area (Å²) in [6.45, 7) is 12.7. The van der Waals surface area contributed by atoms with Crippen LogP contribution in [0.4, 0.5) is 0 Å². The Bertz CT molecular complexity index is 189. The third kappa shape index (κ3) is 4.87. The summed E-state index contributed by atoms with van der Waals surface area (Å²) >= 11 is 0. The number of rotatable bonds is 11. The van der Waals surface area contributed by atoms with Gasteiger partial charge in [0.15, 0.2) is 0 Å². The lowest BCUT2D eigenvalue weighted by molar-refractivity contribution is -0.0178. The molecule has 0 aromatic rings. The van der Waals surface area contributed by atoms with Crippen LogP contribution in [0.1, 0.15) is 53.4 Å². The molecule has 0 spiro atoms. The van der Waals surface area contributed by atoms with Crippen LogP contribution in [-0.4, -0.2) is 43.8 Å². The average molecular weight is 258 g/mol. The Morgan fingerprint density at radius 1 is 1.11 bits per heavy atom. The monoisotopic (exact) mass is 258 g/mol. The highest BCUT2D eigenvalue weighted by Gasteiger charge is 2.38. The Kier molecular flexibility index (Phi) is 9.70. The molecule has 0 rings (SSSR count). The summed E-state index contributed by atoms with van der Waals surface area (Å²) in [4.78, 5) is 2.58. The van der Waals surface area contributed by atoms with Crippen molar-refractivity contribution in [3.63, 3.8) is 0 Å². The molecule has 0 aliphatic carbocycles. The van der Waals surface area contributed by atoms with Crippen molar-refractivity contribution in [2.75, 3.05) is 33.4 Å². The smallest absolute Gasteiger partial charge is 0.0661 e. The van der Waals surface area contributed by atoms with Gasteiger partial charge in [0.05, 0.1) is 12.1 Å². The molecule has 0 saturated carbocycles. The van der Waals surface area contributed by atoms with E-state index in [9.17, 15) is 0 Å².